The fourth-order valence-electron chi connectivity index (χ4n) is 3.81. The molecule has 0 bridgehead atoms. The lowest BCUT2D eigenvalue weighted by Gasteiger charge is -2.31. The second kappa shape index (κ2) is 9.13. The Balaban J connectivity index is 0.00000240. The van der Waals surface area contributed by atoms with Crippen LogP contribution in [0.25, 0.3) is 0 Å². The minimum Gasteiger partial charge on any atom is -0.479 e. The van der Waals surface area contributed by atoms with Gasteiger partial charge in [-0.1, -0.05) is 0 Å². The minimum absolute atomic E-state index is 0. The number of fused-ring (bicyclic) bond motifs is 1. The van der Waals surface area contributed by atoms with Crippen molar-refractivity contribution in [3.05, 3.63) is 23.8 Å². The van der Waals surface area contributed by atoms with Crippen LogP contribution in [0, 0.1) is 11.8 Å². The molecule has 158 valence electrons. The summed E-state index contributed by atoms with van der Waals surface area (Å²) in [7, 11) is 0. The van der Waals surface area contributed by atoms with Crippen LogP contribution in [-0.4, -0.2) is 54.8 Å². The van der Waals surface area contributed by atoms with Gasteiger partial charge in [0, 0.05) is 24.6 Å². The molecule has 0 radical (unpaired) electrons. The Labute approximate surface area is 176 Å². The van der Waals surface area contributed by atoms with E-state index in [1.54, 1.807) is 25.1 Å². The molecule has 1 saturated heterocycles. The molecule has 7 nitrogen and oxygen atoms in total. The number of amides is 2. The van der Waals surface area contributed by atoms with E-state index in [4.69, 9.17) is 4.74 Å². The van der Waals surface area contributed by atoms with Gasteiger partial charge in [-0.15, -0.1) is 12.4 Å². The summed E-state index contributed by atoms with van der Waals surface area (Å²) in [5.41, 5.74) is 1.12. The molecule has 1 aromatic rings. The highest BCUT2D eigenvalue weighted by Crippen LogP contribution is 2.32. The first-order valence-electron chi connectivity index (χ1n) is 10.2. The van der Waals surface area contributed by atoms with Crippen molar-refractivity contribution in [1.82, 2.24) is 10.2 Å². The SMILES string of the molecule is CC1Oc2ccc(C(=O)C3CCN(C(=O)CNCC4CC4)CC3)cc2NC1=O.Cl. The van der Waals surface area contributed by atoms with Crippen LogP contribution in [0.1, 0.15) is 43.0 Å². The molecule has 2 N–H and O–H groups in total. The van der Waals surface area contributed by atoms with E-state index in [0.29, 0.717) is 49.5 Å². The molecule has 2 amide bonds. The van der Waals surface area contributed by atoms with Crippen molar-refractivity contribution >= 4 is 35.7 Å². The van der Waals surface area contributed by atoms with Crippen LogP contribution in [0.2, 0.25) is 0 Å². The molecule has 2 fully saturated rings. The molecule has 1 saturated carbocycles. The summed E-state index contributed by atoms with van der Waals surface area (Å²) >= 11 is 0. The fraction of sp³-hybridized carbons (Fsp3) is 0.571. The van der Waals surface area contributed by atoms with E-state index in [1.807, 2.05) is 4.90 Å². The maximum atomic E-state index is 12.9. The number of Topliss-reactive ketones (excluding diaryl/α,β-unsaturated/α-hetero) is 1. The molecule has 29 heavy (non-hydrogen) atoms. The van der Waals surface area contributed by atoms with Crippen LogP contribution in [-0.2, 0) is 9.59 Å². The first-order valence-corrected chi connectivity index (χ1v) is 10.2. The van der Waals surface area contributed by atoms with E-state index in [0.717, 1.165) is 12.5 Å². The number of piperidine rings is 1. The number of rotatable bonds is 6. The molecule has 1 unspecified atom stereocenters. The first-order chi connectivity index (χ1) is 13.5. The van der Waals surface area contributed by atoms with Gasteiger partial charge in [-0.2, -0.15) is 0 Å². The number of anilines is 1. The number of nitrogens with one attached hydrogen (secondary N) is 2. The smallest absolute Gasteiger partial charge is 0.265 e. The summed E-state index contributed by atoms with van der Waals surface area (Å²) in [6.45, 7) is 4.23. The lowest BCUT2D eigenvalue weighted by molar-refractivity contribution is -0.131. The van der Waals surface area contributed by atoms with E-state index >= 15 is 0 Å². The summed E-state index contributed by atoms with van der Waals surface area (Å²) in [5, 5.41) is 6.02. The van der Waals surface area contributed by atoms with Gasteiger partial charge in [-0.25, -0.2) is 0 Å². The summed E-state index contributed by atoms with van der Waals surface area (Å²) in [6, 6.07) is 5.19. The highest BCUT2D eigenvalue weighted by Gasteiger charge is 2.30. The molecule has 1 aliphatic carbocycles. The third-order valence-corrected chi connectivity index (χ3v) is 5.82. The summed E-state index contributed by atoms with van der Waals surface area (Å²) in [4.78, 5) is 38.8. The number of carbonyl (C=O) groups is 3. The standard InChI is InChI=1S/C21H27N3O4.ClH/c1-13-21(27)23-17-10-16(4-5-18(17)28-13)20(26)15-6-8-24(9-7-15)19(25)12-22-11-14-2-3-14;/h4-5,10,13-15,22H,2-3,6-9,11-12H2,1H3,(H,23,27);1H. The monoisotopic (exact) mass is 421 g/mol. The number of halogens is 1. The Kier molecular flexibility index (Phi) is 6.80. The van der Waals surface area contributed by atoms with E-state index in [1.165, 1.54) is 12.8 Å². The van der Waals surface area contributed by atoms with Gasteiger partial charge in [-0.05, 0) is 63.3 Å². The maximum Gasteiger partial charge on any atom is 0.265 e. The molecule has 1 atom stereocenters. The summed E-state index contributed by atoms with van der Waals surface area (Å²) < 4.78 is 5.54. The lowest BCUT2D eigenvalue weighted by atomic mass is 9.88. The predicted octanol–water partition coefficient (Wildman–Crippen LogP) is 2.25. The molecule has 0 aromatic heterocycles. The Morgan fingerprint density at radius 3 is 2.62 bits per heavy atom. The van der Waals surface area contributed by atoms with Crippen molar-refractivity contribution in [1.29, 1.82) is 0 Å². The number of ketones is 1. The third kappa shape index (κ3) is 5.08. The van der Waals surface area contributed by atoms with Crippen molar-refractivity contribution in [3.8, 4) is 5.75 Å². The Morgan fingerprint density at radius 2 is 1.93 bits per heavy atom. The van der Waals surface area contributed by atoms with Crippen molar-refractivity contribution in [2.24, 2.45) is 11.8 Å². The van der Waals surface area contributed by atoms with Crippen molar-refractivity contribution < 1.29 is 19.1 Å². The number of ether oxygens (including phenoxy) is 1. The quantitative estimate of drug-likeness (QED) is 0.688. The normalized spacial score (nSPS) is 21.5. The van der Waals surface area contributed by atoms with Gasteiger partial charge in [0.05, 0.1) is 12.2 Å². The minimum atomic E-state index is -0.533. The molecule has 3 aliphatic rings. The van der Waals surface area contributed by atoms with Crippen molar-refractivity contribution in [2.45, 2.75) is 38.7 Å². The third-order valence-electron chi connectivity index (χ3n) is 5.82. The van der Waals surface area contributed by atoms with E-state index in [2.05, 4.69) is 10.6 Å². The van der Waals surface area contributed by atoms with Gasteiger partial charge in [-0.3, -0.25) is 14.4 Å². The lowest BCUT2D eigenvalue weighted by Crippen LogP contribution is -2.44. The van der Waals surface area contributed by atoms with Crippen LogP contribution in [0.4, 0.5) is 5.69 Å². The van der Waals surface area contributed by atoms with Gasteiger partial charge in [0.25, 0.3) is 5.91 Å². The zero-order valence-electron chi connectivity index (χ0n) is 16.6. The molecular formula is C21H28ClN3O4. The van der Waals surface area contributed by atoms with Crippen LogP contribution in [0.3, 0.4) is 0 Å². The van der Waals surface area contributed by atoms with Crippen LogP contribution in [0.5, 0.6) is 5.75 Å². The molecule has 0 spiro atoms. The summed E-state index contributed by atoms with van der Waals surface area (Å²) in [6.07, 6.45) is 3.35. The number of hydrogen-bond acceptors (Lipinski definition) is 5. The van der Waals surface area contributed by atoms with Gasteiger partial charge >= 0.3 is 0 Å². The number of carbonyl (C=O) groups excluding carboxylic acids is 3. The summed E-state index contributed by atoms with van der Waals surface area (Å²) in [5.74, 6) is 1.22. The van der Waals surface area contributed by atoms with Crippen molar-refractivity contribution in [2.75, 3.05) is 31.5 Å². The second-order valence-corrected chi connectivity index (χ2v) is 8.05. The molecule has 2 aliphatic heterocycles. The average Bonchev–Trinajstić information content (AvgIpc) is 3.52. The van der Waals surface area contributed by atoms with Crippen LogP contribution >= 0.6 is 12.4 Å². The van der Waals surface area contributed by atoms with Gasteiger partial charge in [0.2, 0.25) is 5.91 Å². The Morgan fingerprint density at radius 1 is 1.21 bits per heavy atom. The Bertz CT molecular complexity index is 788. The number of nitrogens with zero attached hydrogens (tertiary/aromatic N) is 1. The van der Waals surface area contributed by atoms with E-state index < -0.39 is 6.10 Å². The molecular weight excluding hydrogens is 394 g/mol. The van der Waals surface area contributed by atoms with Crippen LogP contribution in [0.15, 0.2) is 18.2 Å². The topological polar surface area (TPSA) is 87.7 Å². The fourth-order valence-corrected chi connectivity index (χ4v) is 3.81. The zero-order chi connectivity index (χ0) is 19.7. The molecule has 1 aromatic carbocycles. The van der Waals surface area contributed by atoms with Gasteiger partial charge in [0.15, 0.2) is 11.9 Å². The number of likely N-dealkylation sites (tertiary alicyclic amines) is 1. The molecule has 8 heteroatoms. The zero-order valence-corrected chi connectivity index (χ0v) is 17.4. The highest BCUT2D eigenvalue weighted by atomic mass is 35.5. The van der Waals surface area contributed by atoms with Crippen molar-refractivity contribution in [3.63, 3.8) is 0 Å². The molecule has 4 rings (SSSR count). The first kappa shape index (κ1) is 21.6. The number of benzene rings is 1. The maximum absolute atomic E-state index is 12.9. The number of hydrogen-bond donors (Lipinski definition) is 2. The Hall–Kier alpha value is -2.12. The van der Waals surface area contributed by atoms with E-state index in [-0.39, 0.29) is 35.9 Å². The largest absolute Gasteiger partial charge is 0.479 e. The second-order valence-electron chi connectivity index (χ2n) is 8.05. The molecule has 2 heterocycles. The van der Waals surface area contributed by atoms with Gasteiger partial charge in [0.1, 0.15) is 5.75 Å². The highest BCUT2D eigenvalue weighted by molar-refractivity contribution is 6.02. The average molecular weight is 422 g/mol. The van der Waals surface area contributed by atoms with E-state index in [9.17, 15) is 14.4 Å². The van der Waals surface area contributed by atoms with Crippen LogP contribution < -0.4 is 15.4 Å². The predicted molar refractivity (Wildman–Crippen MR) is 112 cm³/mol. The van der Waals surface area contributed by atoms with Gasteiger partial charge < -0.3 is 20.3 Å².